The summed E-state index contributed by atoms with van der Waals surface area (Å²) >= 11 is 0. The van der Waals surface area contributed by atoms with E-state index in [9.17, 15) is 13.5 Å². The van der Waals surface area contributed by atoms with Crippen molar-refractivity contribution < 1.29 is 22.5 Å². The van der Waals surface area contributed by atoms with Gasteiger partial charge >= 0.3 is 15.8 Å². The van der Waals surface area contributed by atoms with Gasteiger partial charge in [0.1, 0.15) is 10.6 Å². The van der Waals surface area contributed by atoms with Crippen LogP contribution in [0.2, 0.25) is 0 Å². The van der Waals surface area contributed by atoms with Crippen LogP contribution in [0.25, 0.3) is 11.6 Å². The third-order valence-corrected chi connectivity index (χ3v) is 4.74. The Morgan fingerprint density at radius 2 is 1.78 bits per heavy atom. The second-order valence-corrected chi connectivity index (χ2v) is 6.39. The summed E-state index contributed by atoms with van der Waals surface area (Å²) in [4.78, 5) is 2.92. The van der Waals surface area contributed by atoms with Gasteiger partial charge < -0.3 is 14.8 Å². The van der Waals surface area contributed by atoms with Crippen molar-refractivity contribution in [3.05, 3.63) is 71.3 Å². The standard InChI is InChI=1S/C16H12N2O4S/c17-18-14-10-9-12-13(16(14)19)7-4-8-15(12)23(20,21)22-11-5-2-1-3-6-11/h1-10,16,19H. The van der Waals surface area contributed by atoms with Crippen LogP contribution < -0.4 is 4.18 Å². The number of para-hydroxylation sites is 1. The molecule has 1 N–H and O–H groups in total. The Balaban J connectivity index is 2.08. The molecule has 0 heterocycles. The lowest BCUT2D eigenvalue weighted by Crippen LogP contribution is -2.19. The van der Waals surface area contributed by atoms with E-state index in [4.69, 9.17) is 9.71 Å². The van der Waals surface area contributed by atoms with Crippen molar-refractivity contribution in [1.29, 1.82) is 0 Å². The summed E-state index contributed by atoms with van der Waals surface area (Å²) in [5.41, 5.74) is 9.52. The summed E-state index contributed by atoms with van der Waals surface area (Å²) in [5.74, 6) is 0.197. The number of nitrogens with zero attached hydrogens (tertiary/aromatic N) is 2. The van der Waals surface area contributed by atoms with E-state index in [1.165, 1.54) is 36.4 Å². The molecule has 0 bridgehead atoms. The lowest BCUT2D eigenvalue weighted by atomic mass is 9.93. The van der Waals surface area contributed by atoms with Crippen LogP contribution in [-0.4, -0.2) is 24.0 Å². The molecule has 0 amide bonds. The van der Waals surface area contributed by atoms with Gasteiger partial charge in [-0.15, -0.1) is 0 Å². The van der Waals surface area contributed by atoms with Crippen LogP contribution in [0.3, 0.4) is 0 Å². The van der Waals surface area contributed by atoms with Gasteiger partial charge in [0.15, 0.2) is 6.10 Å². The Labute approximate surface area is 133 Å². The molecule has 116 valence electrons. The maximum absolute atomic E-state index is 12.5. The van der Waals surface area contributed by atoms with E-state index >= 15 is 0 Å². The molecule has 6 nitrogen and oxygen atoms in total. The maximum Gasteiger partial charge on any atom is 0.339 e. The fraction of sp³-hybridized carbons (Fsp3) is 0.0625. The molecule has 0 fully saturated rings. The Hall–Kier alpha value is -2.73. The molecule has 0 aromatic heterocycles. The van der Waals surface area contributed by atoms with E-state index in [-0.39, 0.29) is 16.4 Å². The van der Waals surface area contributed by atoms with E-state index in [0.29, 0.717) is 11.1 Å². The third-order valence-electron chi connectivity index (χ3n) is 3.43. The Bertz CT molecular complexity index is 930. The van der Waals surface area contributed by atoms with E-state index < -0.39 is 16.2 Å². The average molecular weight is 328 g/mol. The molecular weight excluding hydrogens is 316 g/mol. The molecule has 0 saturated heterocycles. The first kappa shape index (κ1) is 15.2. The quantitative estimate of drug-likeness (QED) is 0.530. The molecule has 2 aromatic rings. The number of rotatable bonds is 3. The Morgan fingerprint density at radius 3 is 2.48 bits per heavy atom. The molecule has 1 aliphatic carbocycles. The summed E-state index contributed by atoms with van der Waals surface area (Å²) in [6.07, 6.45) is 1.62. The summed E-state index contributed by atoms with van der Waals surface area (Å²) in [6.45, 7) is 0. The minimum Gasteiger partial charge on any atom is -0.379 e. The lowest BCUT2D eigenvalue weighted by molar-refractivity contribution is -0.0188. The third kappa shape index (κ3) is 2.80. The van der Waals surface area contributed by atoms with Gasteiger partial charge in [0.2, 0.25) is 0 Å². The van der Waals surface area contributed by atoms with Crippen molar-refractivity contribution in [2.45, 2.75) is 11.0 Å². The summed E-state index contributed by atoms with van der Waals surface area (Å²) < 4.78 is 30.1. The monoisotopic (exact) mass is 328 g/mol. The highest BCUT2D eigenvalue weighted by atomic mass is 32.2. The number of hydrogen-bond donors (Lipinski definition) is 1. The number of aliphatic hydroxyl groups is 1. The van der Waals surface area contributed by atoms with Gasteiger partial charge in [-0.3, -0.25) is 0 Å². The zero-order valence-electron chi connectivity index (χ0n) is 11.8. The van der Waals surface area contributed by atoms with Crippen LogP contribution >= 0.6 is 0 Å². The van der Waals surface area contributed by atoms with Crippen LogP contribution in [0.4, 0.5) is 0 Å². The summed E-state index contributed by atoms with van der Waals surface area (Å²) in [5, 5.41) is 10.1. The van der Waals surface area contributed by atoms with Gasteiger partial charge in [0, 0.05) is 17.2 Å². The van der Waals surface area contributed by atoms with Crippen LogP contribution in [0.5, 0.6) is 5.75 Å². The van der Waals surface area contributed by atoms with Crippen molar-refractivity contribution in [3.8, 4) is 5.75 Å². The number of fused-ring (bicyclic) bond motifs is 1. The van der Waals surface area contributed by atoms with Crippen molar-refractivity contribution in [1.82, 2.24) is 0 Å². The van der Waals surface area contributed by atoms with Gasteiger partial charge in [-0.1, -0.05) is 30.3 Å². The van der Waals surface area contributed by atoms with E-state index in [1.807, 2.05) is 0 Å². The van der Waals surface area contributed by atoms with Crippen LogP contribution in [0.15, 0.2) is 59.5 Å². The fourth-order valence-corrected chi connectivity index (χ4v) is 3.51. The van der Waals surface area contributed by atoms with Crippen molar-refractivity contribution in [2.75, 3.05) is 0 Å². The second kappa shape index (κ2) is 5.81. The smallest absolute Gasteiger partial charge is 0.339 e. The molecule has 23 heavy (non-hydrogen) atoms. The second-order valence-electron chi connectivity index (χ2n) is 4.87. The normalized spacial score (nSPS) is 16.6. The van der Waals surface area contributed by atoms with Crippen molar-refractivity contribution in [3.63, 3.8) is 0 Å². The van der Waals surface area contributed by atoms with Gasteiger partial charge in [0.25, 0.3) is 0 Å². The average Bonchev–Trinajstić information content (AvgIpc) is 2.55. The van der Waals surface area contributed by atoms with Gasteiger partial charge in [0.05, 0.1) is 0 Å². The highest BCUT2D eigenvalue weighted by molar-refractivity contribution is 7.87. The van der Waals surface area contributed by atoms with Gasteiger partial charge in [-0.25, -0.2) is 0 Å². The van der Waals surface area contributed by atoms with Crippen molar-refractivity contribution in [2.24, 2.45) is 0 Å². The SMILES string of the molecule is [N-]=[N+]=C1C=Cc2c(cccc2S(=O)(=O)Oc2ccccc2)C1O. The highest BCUT2D eigenvalue weighted by Gasteiger charge is 2.31. The molecule has 3 rings (SSSR count). The zero-order chi connectivity index (χ0) is 16.4. The van der Waals surface area contributed by atoms with Crippen LogP contribution in [0, 0.1) is 0 Å². The Kier molecular flexibility index (Phi) is 3.83. The summed E-state index contributed by atoms with van der Waals surface area (Å²) in [7, 11) is -4.07. The van der Waals surface area contributed by atoms with Crippen LogP contribution in [-0.2, 0) is 10.1 Å². The topological polar surface area (TPSA) is 100 Å². The van der Waals surface area contributed by atoms with Crippen LogP contribution in [0.1, 0.15) is 17.2 Å². The molecule has 0 spiro atoms. The number of aliphatic hydroxyl groups excluding tert-OH is 1. The molecular formula is C16H12N2O4S. The molecule has 1 aliphatic rings. The zero-order valence-corrected chi connectivity index (χ0v) is 12.6. The highest BCUT2D eigenvalue weighted by Crippen LogP contribution is 2.31. The number of benzene rings is 2. The molecule has 1 atom stereocenters. The molecule has 7 heteroatoms. The Morgan fingerprint density at radius 1 is 1.04 bits per heavy atom. The minimum atomic E-state index is -4.07. The molecule has 0 aliphatic heterocycles. The molecule has 2 aromatic carbocycles. The first-order valence-electron chi connectivity index (χ1n) is 6.73. The fourth-order valence-electron chi connectivity index (χ4n) is 2.35. The molecule has 0 saturated carbocycles. The van der Waals surface area contributed by atoms with Gasteiger partial charge in [-0.05, 0) is 24.3 Å². The largest absolute Gasteiger partial charge is 0.379 e. The summed E-state index contributed by atoms with van der Waals surface area (Å²) in [6, 6.07) is 12.6. The molecule has 1 unspecified atom stereocenters. The van der Waals surface area contributed by atoms with Gasteiger partial charge in [-0.2, -0.15) is 13.2 Å². The first-order chi connectivity index (χ1) is 11.0. The minimum absolute atomic E-state index is 0.0380. The van der Waals surface area contributed by atoms with Crippen molar-refractivity contribution >= 4 is 21.9 Å². The van der Waals surface area contributed by atoms with E-state index in [1.54, 1.807) is 24.3 Å². The predicted molar refractivity (Wildman–Crippen MR) is 83.3 cm³/mol. The predicted octanol–water partition coefficient (Wildman–Crippen LogP) is 2.19. The van der Waals surface area contributed by atoms with E-state index in [0.717, 1.165) is 0 Å². The maximum atomic E-state index is 12.5. The van der Waals surface area contributed by atoms with E-state index in [2.05, 4.69) is 4.79 Å². The molecule has 0 radical (unpaired) electrons. The first-order valence-corrected chi connectivity index (χ1v) is 8.14. The number of hydrogen-bond acceptors (Lipinski definition) is 4. The lowest BCUT2D eigenvalue weighted by Gasteiger charge is -2.17.